The third-order valence-corrected chi connectivity index (χ3v) is 1.87. The fourth-order valence-corrected chi connectivity index (χ4v) is 1.35. The van der Waals surface area contributed by atoms with E-state index in [0.717, 1.165) is 12.1 Å². The Balaban J connectivity index is 3.38. The molecule has 0 unspecified atom stereocenters. The summed E-state index contributed by atoms with van der Waals surface area (Å²) >= 11 is 5.45. The van der Waals surface area contributed by atoms with Crippen molar-refractivity contribution in [1.29, 1.82) is 0 Å². The van der Waals surface area contributed by atoms with E-state index in [0.29, 0.717) is 0 Å². The minimum atomic E-state index is -1.04. The number of nitrogens with two attached hydrogens (primary N) is 1. The molecule has 0 aliphatic heterocycles. The summed E-state index contributed by atoms with van der Waals surface area (Å²) in [5.41, 5.74) is 4.40. The molecular weight excluding hydrogens is 196 g/mol. The predicted molar refractivity (Wildman–Crippen MR) is 48.6 cm³/mol. The fraction of sp³-hybridized carbons (Fsp3) is 0.333. The van der Waals surface area contributed by atoms with Crippen LogP contribution in [-0.2, 0) is 5.54 Å². The Morgan fingerprint density at radius 2 is 1.62 bits per heavy atom. The maximum atomic E-state index is 13.2. The van der Waals surface area contributed by atoms with E-state index in [-0.39, 0.29) is 10.6 Å². The van der Waals surface area contributed by atoms with Crippen LogP contribution in [-0.4, -0.2) is 0 Å². The van der Waals surface area contributed by atoms with Gasteiger partial charge in [0.15, 0.2) is 0 Å². The van der Waals surface area contributed by atoms with Crippen molar-refractivity contribution in [1.82, 2.24) is 0 Å². The summed E-state index contributed by atoms with van der Waals surface area (Å²) in [7, 11) is 0. The zero-order valence-corrected chi connectivity index (χ0v) is 8.12. The van der Waals surface area contributed by atoms with Crippen LogP contribution in [0.5, 0.6) is 0 Å². The van der Waals surface area contributed by atoms with Crippen LogP contribution >= 0.6 is 11.6 Å². The SMILES string of the molecule is CC(C)(N)c1c(F)cc(Cl)cc1F. The second-order valence-corrected chi connectivity index (χ2v) is 3.90. The molecule has 2 N–H and O–H groups in total. The Hall–Kier alpha value is -0.670. The Bertz CT molecular complexity index is 308. The van der Waals surface area contributed by atoms with Crippen LogP contribution in [0.4, 0.5) is 8.78 Å². The smallest absolute Gasteiger partial charge is 0.132 e. The number of hydrogen-bond acceptors (Lipinski definition) is 1. The molecule has 1 rings (SSSR count). The van der Waals surface area contributed by atoms with Gasteiger partial charge in [-0.2, -0.15) is 0 Å². The van der Waals surface area contributed by atoms with Crippen molar-refractivity contribution in [3.8, 4) is 0 Å². The molecule has 1 aromatic carbocycles. The first kappa shape index (κ1) is 10.4. The van der Waals surface area contributed by atoms with Gasteiger partial charge in [-0.05, 0) is 26.0 Å². The Labute approximate surface area is 80.5 Å². The van der Waals surface area contributed by atoms with Crippen molar-refractivity contribution in [2.24, 2.45) is 5.73 Å². The largest absolute Gasteiger partial charge is 0.322 e. The molecule has 4 heteroatoms. The van der Waals surface area contributed by atoms with Crippen LogP contribution in [0.2, 0.25) is 5.02 Å². The molecule has 0 heterocycles. The molecular formula is C9H10ClF2N. The highest BCUT2D eigenvalue weighted by Gasteiger charge is 2.23. The lowest BCUT2D eigenvalue weighted by atomic mass is 9.94. The van der Waals surface area contributed by atoms with Crippen molar-refractivity contribution in [2.75, 3.05) is 0 Å². The minimum Gasteiger partial charge on any atom is -0.322 e. The molecule has 13 heavy (non-hydrogen) atoms. The normalized spacial score (nSPS) is 11.8. The van der Waals surface area contributed by atoms with E-state index >= 15 is 0 Å². The number of halogens is 3. The molecule has 0 radical (unpaired) electrons. The van der Waals surface area contributed by atoms with E-state index in [1.54, 1.807) is 0 Å². The lowest BCUT2D eigenvalue weighted by Gasteiger charge is -2.20. The summed E-state index contributed by atoms with van der Waals surface area (Å²) in [6.45, 7) is 3.06. The van der Waals surface area contributed by atoms with Gasteiger partial charge < -0.3 is 5.73 Å². The van der Waals surface area contributed by atoms with Crippen LogP contribution < -0.4 is 5.73 Å². The van der Waals surface area contributed by atoms with Crippen molar-refractivity contribution in [3.63, 3.8) is 0 Å². The molecule has 0 aliphatic carbocycles. The predicted octanol–water partition coefficient (Wildman–Crippen LogP) is 2.81. The number of hydrogen-bond donors (Lipinski definition) is 1. The fourth-order valence-electron chi connectivity index (χ4n) is 1.16. The van der Waals surface area contributed by atoms with E-state index in [4.69, 9.17) is 17.3 Å². The van der Waals surface area contributed by atoms with Crippen LogP contribution in [0.15, 0.2) is 12.1 Å². The highest BCUT2D eigenvalue weighted by Crippen LogP contribution is 2.26. The maximum absolute atomic E-state index is 13.2. The van der Waals surface area contributed by atoms with Crippen molar-refractivity contribution >= 4 is 11.6 Å². The molecule has 0 saturated heterocycles. The molecule has 72 valence electrons. The molecule has 0 bridgehead atoms. The Morgan fingerprint density at radius 1 is 1.23 bits per heavy atom. The van der Waals surface area contributed by atoms with E-state index < -0.39 is 17.2 Å². The summed E-state index contributed by atoms with van der Waals surface area (Å²) in [6, 6.07) is 2.10. The van der Waals surface area contributed by atoms with Crippen LogP contribution in [0.25, 0.3) is 0 Å². The van der Waals surface area contributed by atoms with Gasteiger partial charge in [-0.15, -0.1) is 0 Å². The van der Waals surface area contributed by atoms with Crippen molar-refractivity contribution in [2.45, 2.75) is 19.4 Å². The van der Waals surface area contributed by atoms with Gasteiger partial charge in [0.05, 0.1) is 0 Å². The molecule has 0 amide bonds. The van der Waals surface area contributed by atoms with Gasteiger partial charge in [0, 0.05) is 16.1 Å². The number of benzene rings is 1. The number of rotatable bonds is 1. The topological polar surface area (TPSA) is 26.0 Å². The van der Waals surface area contributed by atoms with Gasteiger partial charge in [0.2, 0.25) is 0 Å². The molecule has 0 aliphatic rings. The molecule has 0 fully saturated rings. The van der Waals surface area contributed by atoms with Crippen molar-refractivity contribution in [3.05, 3.63) is 34.4 Å². The Morgan fingerprint density at radius 3 is 1.92 bits per heavy atom. The van der Waals surface area contributed by atoms with Gasteiger partial charge in [0.1, 0.15) is 11.6 Å². The first-order chi connectivity index (χ1) is 5.82. The molecule has 0 saturated carbocycles. The second kappa shape index (κ2) is 3.24. The molecule has 0 atom stereocenters. The standard InChI is InChI=1S/C9H10ClF2N/c1-9(2,13)8-6(11)3-5(10)4-7(8)12/h3-4H,13H2,1-2H3. The van der Waals surface area contributed by atoms with E-state index in [9.17, 15) is 8.78 Å². The maximum Gasteiger partial charge on any atom is 0.132 e. The zero-order valence-electron chi connectivity index (χ0n) is 7.37. The van der Waals surface area contributed by atoms with Gasteiger partial charge in [-0.25, -0.2) is 8.78 Å². The third kappa shape index (κ3) is 2.17. The van der Waals surface area contributed by atoms with Gasteiger partial charge >= 0.3 is 0 Å². The average Bonchev–Trinajstić information content (AvgIpc) is 1.78. The zero-order chi connectivity index (χ0) is 10.2. The highest BCUT2D eigenvalue weighted by molar-refractivity contribution is 6.30. The summed E-state index contributed by atoms with van der Waals surface area (Å²) in [6.07, 6.45) is 0. The summed E-state index contributed by atoms with van der Waals surface area (Å²) in [5.74, 6) is -1.42. The van der Waals surface area contributed by atoms with Gasteiger partial charge in [0.25, 0.3) is 0 Å². The third-order valence-electron chi connectivity index (χ3n) is 1.65. The minimum absolute atomic E-state index is 0.0306. The van der Waals surface area contributed by atoms with E-state index in [1.165, 1.54) is 13.8 Å². The van der Waals surface area contributed by atoms with Crippen LogP contribution in [0.1, 0.15) is 19.4 Å². The first-order valence-electron chi connectivity index (χ1n) is 3.76. The second-order valence-electron chi connectivity index (χ2n) is 3.47. The Kier molecular flexibility index (Phi) is 2.59. The van der Waals surface area contributed by atoms with E-state index in [2.05, 4.69) is 0 Å². The first-order valence-corrected chi connectivity index (χ1v) is 4.14. The van der Waals surface area contributed by atoms with Crippen LogP contribution in [0, 0.1) is 11.6 Å². The van der Waals surface area contributed by atoms with Crippen LogP contribution in [0.3, 0.4) is 0 Å². The summed E-state index contributed by atoms with van der Waals surface area (Å²) in [4.78, 5) is 0. The lowest BCUT2D eigenvalue weighted by molar-refractivity contribution is 0.459. The summed E-state index contributed by atoms with van der Waals surface area (Å²) in [5, 5.41) is 0.0306. The van der Waals surface area contributed by atoms with E-state index in [1.807, 2.05) is 0 Å². The quantitative estimate of drug-likeness (QED) is 0.750. The average molecular weight is 206 g/mol. The van der Waals surface area contributed by atoms with Gasteiger partial charge in [-0.3, -0.25) is 0 Å². The highest BCUT2D eigenvalue weighted by atomic mass is 35.5. The van der Waals surface area contributed by atoms with Crippen molar-refractivity contribution < 1.29 is 8.78 Å². The molecule has 0 aromatic heterocycles. The molecule has 1 nitrogen and oxygen atoms in total. The summed E-state index contributed by atoms with van der Waals surface area (Å²) < 4.78 is 26.4. The molecule has 0 spiro atoms. The lowest BCUT2D eigenvalue weighted by Crippen LogP contribution is -2.31. The monoisotopic (exact) mass is 205 g/mol. The van der Waals surface area contributed by atoms with Gasteiger partial charge in [-0.1, -0.05) is 11.6 Å². The molecule has 1 aromatic rings.